The van der Waals surface area contributed by atoms with E-state index in [1.807, 2.05) is 50.2 Å². The van der Waals surface area contributed by atoms with Crippen LogP contribution in [0.1, 0.15) is 22.5 Å². The molecule has 5 heteroatoms. The minimum Gasteiger partial charge on any atom is -0.504 e. The molecule has 3 aromatic carbocycles. The molecule has 1 aromatic heterocycles. The molecule has 0 saturated heterocycles. The van der Waals surface area contributed by atoms with Crippen LogP contribution in [0, 0.1) is 13.8 Å². The molecule has 0 bridgehead atoms. The number of aryl methyl sites for hydroxylation is 2. The molecule has 4 rings (SSSR count). The topological polar surface area (TPSA) is 64.3 Å². The molecule has 0 spiro atoms. The Morgan fingerprint density at radius 1 is 1.00 bits per heavy atom. The monoisotopic (exact) mass is 398 g/mol. The Kier molecular flexibility index (Phi) is 5.11. The fourth-order valence-corrected chi connectivity index (χ4v) is 3.46. The zero-order chi connectivity index (χ0) is 21.3. The van der Waals surface area contributed by atoms with Gasteiger partial charge in [0.05, 0.1) is 23.7 Å². The minimum atomic E-state index is -0.135. The van der Waals surface area contributed by atoms with Crippen molar-refractivity contribution in [3.63, 3.8) is 0 Å². The lowest BCUT2D eigenvalue weighted by molar-refractivity contribution is 0.373. The Morgan fingerprint density at radius 3 is 2.60 bits per heavy atom. The van der Waals surface area contributed by atoms with Crippen molar-refractivity contribution in [1.82, 2.24) is 9.55 Å². The number of hydrogen-bond acceptors (Lipinski definition) is 4. The van der Waals surface area contributed by atoms with Crippen molar-refractivity contribution >= 4 is 23.1 Å². The zero-order valence-corrected chi connectivity index (χ0v) is 17.1. The number of fused-ring (bicyclic) bond motifs is 1. The lowest BCUT2D eigenvalue weighted by Crippen LogP contribution is -2.23. The standard InChI is InChI=1S/C25H22N2O3/c1-16-11-12-17(2)21(15-16)27-23(26-20-9-5-4-8-19(20)25(27)29)14-13-18-7-6-10-22(30-3)24(18)28/h4-15,28H,1-3H3. The number of phenolic OH excluding ortho intramolecular Hbond substituents is 1. The van der Waals surface area contributed by atoms with Gasteiger partial charge in [-0.05, 0) is 61.4 Å². The molecule has 1 N–H and O–H groups in total. The Hall–Kier alpha value is -3.86. The molecule has 4 aromatic rings. The van der Waals surface area contributed by atoms with Gasteiger partial charge in [0.25, 0.3) is 5.56 Å². The molecule has 0 atom stereocenters. The third-order valence-electron chi connectivity index (χ3n) is 5.07. The van der Waals surface area contributed by atoms with Crippen LogP contribution < -0.4 is 10.3 Å². The summed E-state index contributed by atoms with van der Waals surface area (Å²) in [5, 5.41) is 11.0. The first-order valence-corrected chi connectivity index (χ1v) is 9.63. The molecule has 0 saturated carbocycles. The van der Waals surface area contributed by atoms with E-state index in [2.05, 4.69) is 0 Å². The van der Waals surface area contributed by atoms with E-state index in [0.29, 0.717) is 28.0 Å². The summed E-state index contributed by atoms with van der Waals surface area (Å²) >= 11 is 0. The first kappa shape index (κ1) is 19.5. The molecule has 0 aliphatic rings. The van der Waals surface area contributed by atoms with Crippen molar-refractivity contribution in [1.29, 1.82) is 0 Å². The number of para-hydroxylation sites is 2. The van der Waals surface area contributed by atoms with Crippen molar-refractivity contribution in [2.75, 3.05) is 7.11 Å². The van der Waals surface area contributed by atoms with Gasteiger partial charge in [-0.25, -0.2) is 4.98 Å². The molecule has 0 aliphatic carbocycles. The van der Waals surface area contributed by atoms with E-state index in [-0.39, 0.29) is 11.3 Å². The predicted molar refractivity (Wildman–Crippen MR) is 120 cm³/mol. The summed E-state index contributed by atoms with van der Waals surface area (Å²) in [6.07, 6.45) is 3.47. The third-order valence-corrected chi connectivity index (χ3v) is 5.07. The van der Waals surface area contributed by atoms with Crippen molar-refractivity contribution in [3.8, 4) is 17.2 Å². The molecular weight excluding hydrogens is 376 g/mol. The Balaban J connectivity index is 1.97. The molecule has 0 fully saturated rings. The number of aromatic nitrogens is 2. The lowest BCUT2D eigenvalue weighted by Gasteiger charge is -2.14. The molecule has 30 heavy (non-hydrogen) atoms. The number of ether oxygens (including phenoxy) is 1. The molecule has 1 heterocycles. The highest BCUT2D eigenvalue weighted by Crippen LogP contribution is 2.30. The highest BCUT2D eigenvalue weighted by atomic mass is 16.5. The molecule has 150 valence electrons. The predicted octanol–water partition coefficient (Wildman–Crippen LogP) is 4.89. The van der Waals surface area contributed by atoms with Gasteiger partial charge in [-0.1, -0.05) is 36.4 Å². The number of benzene rings is 3. The van der Waals surface area contributed by atoms with Gasteiger partial charge in [0, 0.05) is 5.56 Å². The van der Waals surface area contributed by atoms with Crippen LogP contribution in [0.3, 0.4) is 0 Å². The summed E-state index contributed by atoms with van der Waals surface area (Å²) in [6.45, 7) is 3.96. The smallest absolute Gasteiger partial charge is 0.266 e. The van der Waals surface area contributed by atoms with Crippen molar-refractivity contribution in [2.24, 2.45) is 0 Å². The summed E-state index contributed by atoms with van der Waals surface area (Å²) in [6, 6.07) is 18.6. The molecule has 5 nitrogen and oxygen atoms in total. The normalized spacial score (nSPS) is 11.3. The maximum absolute atomic E-state index is 13.4. The van der Waals surface area contributed by atoms with Gasteiger partial charge < -0.3 is 9.84 Å². The zero-order valence-electron chi connectivity index (χ0n) is 17.1. The molecule has 0 unspecified atom stereocenters. The molecule has 0 amide bonds. The summed E-state index contributed by atoms with van der Waals surface area (Å²) < 4.78 is 6.81. The number of phenols is 1. The van der Waals surface area contributed by atoms with E-state index in [9.17, 15) is 9.90 Å². The summed E-state index contributed by atoms with van der Waals surface area (Å²) in [4.78, 5) is 18.1. The average Bonchev–Trinajstić information content (AvgIpc) is 2.75. The second kappa shape index (κ2) is 7.87. The highest BCUT2D eigenvalue weighted by molar-refractivity contribution is 5.80. The van der Waals surface area contributed by atoms with Gasteiger partial charge in [-0.2, -0.15) is 0 Å². The van der Waals surface area contributed by atoms with Crippen LogP contribution >= 0.6 is 0 Å². The Labute approximate surface area is 174 Å². The van der Waals surface area contributed by atoms with E-state index in [1.54, 1.807) is 41.0 Å². The Morgan fingerprint density at radius 2 is 1.80 bits per heavy atom. The van der Waals surface area contributed by atoms with Crippen molar-refractivity contribution in [2.45, 2.75) is 13.8 Å². The van der Waals surface area contributed by atoms with Gasteiger partial charge in [-0.3, -0.25) is 9.36 Å². The molecular formula is C25H22N2O3. The third kappa shape index (κ3) is 3.46. The first-order valence-electron chi connectivity index (χ1n) is 9.63. The Bertz CT molecular complexity index is 1340. The van der Waals surface area contributed by atoms with E-state index >= 15 is 0 Å². The van der Waals surface area contributed by atoms with Crippen molar-refractivity contribution in [3.05, 3.63) is 93.5 Å². The molecule has 0 radical (unpaired) electrons. The minimum absolute atomic E-state index is 0.0395. The van der Waals surface area contributed by atoms with Gasteiger partial charge >= 0.3 is 0 Å². The fraction of sp³-hybridized carbons (Fsp3) is 0.120. The first-order chi connectivity index (χ1) is 14.5. The quantitative estimate of drug-likeness (QED) is 0.532. The SMILES string of the molecule is COc1cccc(C=Cc2nc3ccccc3c(=O)n2-c2cc(C)ccc2C)c1O. The number of nitrogens with zero attached hydrogens (tertiary/aromatic N) is 2. The average molecular weight is 398 g/mol. The number of hydrogen-bond donors (Lipinski definition) is 1. The van der Waals surface area contributed by atoms with Crippen LogP contribution in [-0.4, -0.2) is 21.8 Å². The van der Waals surface area contributed by atoms with Crippen molar-refractivity contribution < 1.29 is 9.84 Å². The summed E-state index contributed by atoms with van der Waals surface area (Å²) in [5.41, 5.74) is 3.87. The lowest BCUT2D eigenvalue weighted by atomic mass is 10.1. The van der Waals surface area contributed by atoms with E-state index in [1.165, 1.54) is 7.11 Å². The van der Waals surface area contributed by atoms with Crippen LogP contribution in [0.25, 0.3) is 28.7 Å². The number of rotatable bonds is 4. The van der Waals surface area contributed by atoms with Crippen LogP contribution in [0.4, 0.5) is 0 Å². The van der Waals surface area contributed by atoms with Crippen LogP contribution in [0.2, 0.25) is 0 Å². The fourth-order valence-electron chi connectivity index (χ4n) is 3.46. The molecule has 0 aliphatic heterocycles. The number of aromatic hydroxyl groups is 1. The van der Waals surface area contributed by atoms with Gasteiger partial charge in [-0.15, -0.1) is 0 Å². The van der Waals surface area contributed by atoms with Crippen LogP contribution in [0.5, 0.6) is 11.5 Å². The van der Waals surface area contributed by atoms with E-state index in [4.69, 9.17) is 9.72 Å². The van der Waals surface area contributed by atoms with Gasteiger partial charge in [0.2, 0.25) is 0 Å². The van der Waals surface area contributed by atoms with Crippen LogP contribution in [0.15, 0.2) is 65.5 Å². The van der Waals surface area contributed by atoms with Gasteiger partial charge in [0.1, 0.15) is 5.82 Å². The second-order valence-electron chi connectivity index (χ2n) is 7.15. The maximum atomic E-state index is 13.4. The largest absolute Gasteiger partial charge is 0.504 e. The van der Waals surface area contributed by atoms with E-state index < -0.39 is 0 Å². The maximum Gasteiger partial charge on any atom is 0.266 e. The second-order valence-corrected chi connectivity index (χ2v) is 7.15. The van der Waals surface area contributed by atoms with Gasteiger partial charge in [0.15, 0.2) is 11.5 Å². The van der Waals surface area contributed by atoms with Crippen LogP contribution in [-0.2, 0) is 0 Å². The summed E-state index contributed by atoms with van der Waals surface area (Å²) in [5.74, 6) is 0.905. The summed E-state index contributed by atoms with van der Waals surface area (Å²) in [7, 11) is 1.51. The van der Waals surface area contributed by atoms with E-state index in [0.717, 1.165) is 16.8 Å². The number of methoxy groups -OCH3 is 1. The highest BCUT2D eigenvalue weighted by Gasteiger charge is 2.13.